The van der Waals surface area contributed by atoms with Gasteiger partial charge in [-0.3, -0.25) is 5.43 Å². The summed E-state index contributed by atoms with van der Waals surface area (Å²) in [7, 11) is -2.33. The Labute approximate surface area is 206 Å². The van der Waals surface area contributed by atoms with Crippen LogP contribution < -0.4 is 14.9 Å². The fraction of sp³-hybridized carbons (Fsp3) is 0.280. The Kier molecular flexibility index (Phi) is 8.31. The van der Waals surface area contributed by atoms with Crippen molar-refractivity contribution in [3.8, 4) is 16.9 Å². The highest BCUT2D eigenvalue weighted by atomic mass is 32.2. The van der Waals surface area contributed by atoms with Gasteiger partial charge in [0, 0.05) is 23.4 Å². The van der Waals surface area contributed by atoms with Crippen molar-refractivity contribution in [3.63, 3.8) is 0 Å². The van der Waals surface area contributed by atoms with Crippen molar-refractivity contribution in [2.45, 2.75) is 44.6 Å². The molecule has 9 nitrogen and oxygen atoms in total. The van der Waals surface area contributed by atoms with Crippen LogP contribution in [0.15, 0.2) is 81.0 Å². The number of methoxy groups -OCH3 is 1. The number of aromatic nitrogens is 1. The third-order valence-electron chi connectivity index (χ3n) is 4.82. The molecule has 3 rings (SSSR count). The summed E-state index contributed by atoms with van der Waals surface area (Å²) in [6.45, 7) is 7.40. The van der Waals surface area contributed by atoms with Crippen LogP contribution in [-0.4, -0.2) is 32.4 Å². The summed E-state index contributed by atoms with van der Waals surface area (Å²) in [6.07, 6.45) is 3.46. The second kappa shape index (κ2) is 11.2. The van der Waals surface area contributed by atoms with E-state index in [1.165, 1.54) is 31.3 Å². The number of pyridine rings is 1. The highest BCUT2D eigenvalue weighted by Crippen LogP contribution is 2.30. The molecule has 2 N–H and O–H groups in total. The van der Waals surface area contributed by atoms with Crippen LogP contribution >= 0.6 is 0 Å². The molecule has 0 unspecified atom stereocenters. The smallest absolute Gasteiger partial charge is 0.242 e. The number of anilines is 1. The summed E-state index contributed by atoms with van der Waals surface area (Å²) in [6, 6.07) is 17.4. The predicted molar refractivity (Wildman–Crippen MR) is 139 cm³/mol. The third kappa shape index (κ3) is 7.17. The van der Waals surface area contributed by atoms with Crippen LogP contribution in [0.4, 0.5) is 11.5 Å². The van der Waals surface area contributed by atoms with Crippen molar-refractivity contribution in [3.05, 3.63) is 66.4 Å². The monoisotopic (exact) mass is 494 g/mol. The maximum atomic E-state index is 12.5. The lowest BCUT2D eigenvalue weighted by Gasteiger charge is -2.20. The molecule has 0 saturated heterocycles. The summed E-state index contributed by atoms with van der Waals surface area (Å²) < 4.78 is 32.9. The van der Waals surface area contributed by atoms with Gasteiger partial charge in [-0.05, 0) is 44.4 Å². The highest BCUT2D eigenvalue weighted by Gasteiger charge is 2.23. The van der Waals surface area contributed by atoms with Crippen LogP contribution in [0.5, 0.6) is 5.75 Å². The largest absolute Gasteiger partial charge is 0.493 e. The maximum Gasteiger partial charge on any atom is 0.242 e. The number of nitrogens with zero attached hydrogens (tertiary/aromatic N) is 4. The second-order valence-corrected chi connectivity index (χ2v) is 10.4. The van der Waals surface area contributed by atoms with Crippen LogP contribution in [0.25, 0.3) is 11.1 Å². The molecule has 184 valence electrons. The SMILES string of the molecule is CCc1ccc(-c2ccccc2N=NC=NNc2ncc(S(=O)(=O)NC(C)(C)C)cc2OC)cc1. The number of ether oxygens (including phenoxy) is 1. The maximum absolute atomic E-state index is 12.5. The zero-order valence-electron chi connectivity index (χ0n) is 20.5. The van der Waals surface area contributed by atoms with E-state index in [4.69, 9.17) is 4.74 Å². The number of hydrazone groups is 1. The van der Waals surface area contributed by atoms with E-state index in [-0.39, 0.29) is 16.5 Å². The molecule has 3 aromatic rings. The molecular weight excluding hydrogens is 464 g/mol. The molecule has 35 heavy (non-hydrogen) atoms. The summed E-state index contributed by atoms with van der Waals surface area (Å²) in [5.74, 6) is 0.460. The molecule has 0 radical (unpaired) electrons. The van der Waals surface area contributed by atoms with Gasteiger partial charge >= 0.3 is 0 Å². The van der Waals surface area contributed by atoms with Crippen molar-refractivity contribution >= 4 is 27.9 Å². The molecule has 0 aliphatic rings. The summed E-state index contributed by atoms with van der Waals surface area (Å²) in [4.78, 5) is 4.12. The first-order chi connectivity index (χ1) is 16.6. The molecule has 0 amide bonds. The van der Waals surface area contributed by atoms with Gasteiger partial charge in [-0.2, -0.15) is 5.10 Å². The standard InChI is InChI=1S/C25H30N6O3S/c1-6-18-11-13-19(14-12-18)21-9-7-8-10-22(21)29-27-17-28-30-24-23(34-5)15-20(16-26-24)35(32,33)31-25(2,3)4/h7-17,31H,6H2,1-5H3,(H,26,30). The van der Waals surface area contributed by atoms with E-state index in [1.807, 2.05) is 24.3 Å². The fourth-order valence-corrected chi connectivity index (χ4v) is 4.58. The minimum absolute atomic E-state index is 0.0120. The van der Waals surface area contributed by atoms with E-state index in [2.05, 4.69) is 61.7 Å². The number of aryl methyl sites for hydroxylation is 1. The van der Waals surface area contributed by atoms with Gasteiger partial charge in [-0.15, -0.1) is 10.2 Å². The molecule has 0 atom stereocenters. The lowest BCUT2D eigenvalue weighted by Crippen LogP contribution is -2.40. The van der Waals surface area contributed by atoms with Gasteiger partial charge in [0.2, 0.25) is 10.0 Å². The molecule has 0 saturated carbocycles. The molecule has 1 heterocycles. The Morgan fingerprint density at radius 3 is 2.46 bits per heavy atom. The van der Waals surface area contributed by atoms with Gasteiger partial charge in [0.1, 0.15) is 4.90 Å². The van der Waals surface area contributed by atoms with Crippen LogP contribution in [-0.2, 0) is 16.4 Å². The van der Waals surface area contributed by atoms with Gasteiger partial charge in [0.05, 0.1) is 12.8 Å². The van der Waals surface area contributed by atoms with Gasteiger partial charge in [-0.25, -0.2) is 18.1 Å². The van der Waals surface area contributed by atoms with E-state index < -0.39 is 15.6 Å². The predicted octanol–water partition coefficient (Wildman–Crippen LogP) is 5.54. The number of nitrogens with one attached hydrogen (secondary N) is 2. The number of hydrogen-bond donors (Lipinski definition) is 2. The lowest BCUT2D eigenvalue weighted by atomic mass is 10.0. The normalized spacial score (nSPS) is 12.4. The van der Waals surface area contributed by atoms with Crippen LogP contribution in [0, 0.1) is 0 Å². The van der Waals surface area contributed by atoms with Gasteiger partial charge in [0.15, 0.2) is 17.9 Å². The summed E-state index contributed by atoms with van der Waals surface area (Å²) >= 11 is 0. The molecule has 10 heteroatoms. The highest BCUT2D eigenvalue weighted by molar-refractivity contribution is 7.89. The average Bonchev–Trinajstić information content (AvgIpc) is 2.82. The number of rotatable bonds is 9. The van der Waals surface area contributed by atoms with Gasteiger partial charge < -0.3 is 4.74 Å². The molecule has 0 bridgehead atoms. The van der Waals surface area contributed by atoms with E-state index in [9.17, 15) is 8.42 Å². The molecule has 0 aliphatic heterocycles. The number of hydrogen-bond acceptors (Lipinski definition) is 7. The summed E-state index contributed by atoms with van der Waals surface area (Å²) in [5.41, 5.74) is 6.06. The second-order valence-electron chi connectivity index (χ2n) is 8.72. The Morgan fingerprint density at radius 2 is 1.80 bits per heavy atom. The summed E-state index contributed by atoms with van der Waals surface area (Å²) in [5, 5.41) is 12.3. The molecule has 0 fully saturated rings. The van der Waals surface area contributed by atoms with Crippen molar-refractivity contribution in [1.82, 2.24) is 9.71 Å². The zero-order chi connectivity index (χ0) is 25.5. The Morgan fingerprint density at radius 1 is 1.09 bits per heavy atom. The van der Waals surface area contributed by atoms with Gasteiger partial charge in [-0.1, -0.05) is 49.4 Å². The minimum atomic E-state index is -3.75. The zero-order valence-corrected chi connectivity index (χ0v) is 21.3. The van der Waals surface area contributed by atoms with E-state index in [1.54, 1.807) is 20.8 Å². The molecule has 0 spiro atoms. The third-order valence-corrected chi connectivity index (χ3v) is 6.55. The fourth-order valence-electron chi connectivity index (χ4n) is 3.20. The number of benzene rings is 2. The first kappa shape index (κ1) is 26.0. The van der Waals surface area contributed by atoms with Crippen molar-refractivity contribution in [2.75, 3.05) is 12.5 Å². The molecular formula is C25H30N6O3S. The van der Waals surface area contributed by atoms with Crippen LogP contribution in [0.3, 0.4) is 0 Å². The average molecular weight is 495 g/mol. The van der Waals surface area contributed by atoms with Gasteiger partial charge in [0.25, 0.3) is 0 Å². The first-order valence-corrected chi connectivity index (χ1v) is 12.6. The Hall–Kier alpha value is -3.63. The number of sulfonamides is 1. The van der Waals surface area contributed by atoms with E-state index >= 15 is 0 Å². The number of azo groups is 1. The van der Waals surface area contributed by atoms with Crippen molar-refractivity contribution in [1.29, 1.82) is 0 Å². The molecule has 1 aromatic heterocycles. The quantitative estimate of drug-likeness (QED) is 0.175. The Balaban J connectivity index is 1.72. The van der Waals surface area contributed by atoms with Crippen LogP contribution in [0.1, 0.15) is 33.3 Å². The topological polar surface area (TPSA) is 117 Å². The van der Waals surface area contributed by atoms with Crippen LogP contribution in [0.2, 0.25) is 0 Å². The lowest BCUT2D eigenvalue weighted by molar-refractivity contribution is 0.413. The van der Waals surface area contributed by atoms with E-state index in [0.717, 1.165) is 17.5 Å². The van der Waals surface area contributed by atoms with Crippen molar-refractivity contribution < 1.29 is 13.2 Å². The van der Waals surface area contributed by atoms with E-state index in [0.29, 0.717) is 5.69 Å². The molecule has 0 aliphatic carbocycles. The minimum Gasteiger partial charge on any atom is -0.493 e. The molecule has 2 aromatic carbocycles. The first-order valence-electron chi connectivity index (χ1n) is 11.1. The van der Waals surface area contributed by atoms with Crippen molar-refractivity contribution in [2.24, 2.45) is 15.3 Å². The Bertz CT molecular complexity index is 1310.